The maximum absolute atomic E-state index is 12.0. The average Bonchev–Trinajstić information content (AvgIpc) is 2.36. The van der Waals surface area contributed by atoms with Gasteiger partial charge in [0.05, 0.1) is 5.25 Å². The van der Waals surface area contributed by atoms with Crippen LogP contribution < -0.4 is 0 Å². The Morgan fingerprint density at radius 1 is 1.35 bits per heavy atom. The van der Waals surface area contributed by atoms with Gasteiger partial charge in [-0.05, 0) is 26.0 Å². The first-order valence-electron chi connectivity index (χ1n) is 6.02. The third-order valence-electron chi connectivity index (χ3n) is 3.52. The second-order valence-electron chi connectivity index (χ2n) is 4.56. The summed E-state index contributed by atoms with van der Waals surface area (Å²) in [5, 5.41) is 0.0390. The molecule has 1 atom stereocenters. The van der Waals surface area contributed by atoms with Crippen molar-refractivity contribution < 1.29 is 9.59 Å². The molecule has 2 amide bonds. The molecular formula is C12H22N2O2S. The molecule has 0 aromatic heterocycles. The summed E-state index contributed by atoms with van der Waals surface area (Å²) in [5.74, 6) is 0.327. The predicted octanol–water partition coefficient (Wildman–Crippen LogP) is 1.21. The van der Waals surface area contributed by atoms with Crippen molar-refractivity contribution in [2.45, 2.75) is 38.0 Å². The fourth-order valence-electron chi connectivity index (χ4n) is 2.09. The summed E-state index contributed by atoms with van der Waals surface area (Å²) < 4.78 is 0. The smallest absolute Gasteiger partial charge is 0.235 e. The SMILES string of the molecule is CS[C@@H](C)C(=O)N1CCC(N(C)C(C)=O)CC1. The summed E-state index contributed by atoms with van der Waals surface area (Å²) in [6, 6.07) is 0.293. The molecule has 0 aliphatic carbocycles. The number of piperidine rings is 1. The van der Waals surface area contributed by atoms with Gasteiger partial charge in [0.1, 0.15) is 0 Å². The molecule has 17 heavy (non-hydrogen) atoms. The van der Waals surface area contributed by atoms with Crippen LogP contribution in [-0.2, 0) is 9.59 Å². The third kappa shape index (κ3) is 3.63. The maximum Gasteiger partial charge on any atom is 0.235 e. The van der Waals surface area contributed by atoms with Crippen molar-refractivity contribution in [1.29, 1.82) is 0 Å². The summed E-state index contributed by atoms with van der Waals surface area (Å²) in [5.41, 5.74) is 0. The van der Waals surface area contributed by atoms with Crippen molar-refractivity contribution in [3.63, 3.8) is 0 Å². The van der Waals surface area contributed by atoms with E-state index >= 15 is 0 Å². The van der Waals surface area contributed by atoms with Crippen LogP contribution in [0.2, 0.25) is 0 Å². The van der Waals surface area contributed by atoms with Crippen molar-refractivity contribution >= 4 is 23.6 Å². The van der Waals surface area contributed by atoms with Gasteiger partial charge in [-0.2, -0.15) is 11.8 Å². The molecule has 0 aromatic carbocycles. The minimum Gasteiger partial charge on any atom is -0.343 e. The zero-order chi connectivity index (χ0) is 13.0. The van der Waals surface area contributed by atoms with Crippen LogP contribution in [0.1, 0.15) is 26.7 Å². The number of carbonyl (C=O) groups excluding carboxylic acids is 2. The highest BCUT2D eigenvalue weighted by Gasteiger charge is 2.27. The molecule has 1 rings (SSSR count). The Kier molecular flexibility index (Phi) is 5.31. The van der Waals surface area contributed by atoms with Gasteiger partial charge >= 0.3 is 0 Å². The number of thioether (sulfide) groups is 1. The Labute approximate surface area is 108 Å². The Morgan fingerprint density at radius 3 is 2.29 bits per heavy atom. The van der Waals surface area contributed by atoms with Gasteiger partial charge in [-0.1, -0.05) is 0 Å². The van der Waals surface area contributed by atoms with Gasteiger partial charge in [-0.25, -0.2) is 0 Å². The number of likely N-dealkylation sites (tertiary alicyclic amines) is 1. The van der Waals surface area contributed by atoms with Gasteiger partial charge in [-0.15, -0.1) is 0 Å². The third-order valence-corrected chi connectivity index (χ3v) is 4.43. The Morgan fingerprint density at radius 2 is 1.88 bits per heavy atom. The lowest BCUT2D eigenvalue weighted by Gasteiger charge is -2.37. The lowest BCUT2D eigenvalue weighted by atomic mass is 10.0. The number of hydrogen-bond acceptors (Lipinski definition) is 3. The highest BCUT2D eigenvalue weighted by molar-refractivity contribution is 7.99. The van der Waals surface area contributed by atoms with Crippen LogP contribution in [0.3, 0.4) is 0 Å². The van der Waals surface area contributed by atoms with Gasteiger partial charge in [0, 0.05) is 33.1 Å². The van der Waals surface area contributed by atoms with E-state index in [9.17, 15) is 9.59 Å². The molecule has 1 aliphatic rings. The van der Waals surface area contributed by atoms with Gasteiger partial charge in [-0.3, -0.25) is 9.59 Å². The van der Waals surface area contributed by atoms with E-state index in [2.05, 4.69) is 0 Å². The van der Waals surface area contributed by atoms with E-state index in [0.717, 1.165) is 25.9 Å². The minimum absolute atomic E-state index is 0.0390. The number of rotatable bonds is 3. The van der Waals surface area contributed by atoms with Crippen molar-refractivity contribution in [1.82, 2.24) is 9.80 Å². The van der Waals surface area contributed by atoms with Crippen LogP contribution >= 0.6 is 11.8 Å². The van der Waals surface area contributed by atoms with E-state index in [1.807, 2.05) is 25.1 Å². The molecule has 1 saturated heterocycles. The van der Waals surface area contributed by atoms with Gasteiger partial charge in [0.2, 0.25) is 11.8 Å². The molecule has 0 saturated carbocycles. The quantitative estimate of drug-likeness (QED) is 0.764. The molecular weight excluding hydrogens is 236 g/mol. The van der Waals surface area contributed by atoms with Crippen molar-refractivity contribution in [3.8, 4) is 0 Å². The first-order valence-corrected chi connectivity index (χ1v) is 7.31. The van der Waals surface area contributed by atoms with Crippen LogP contribution in [0.5, 0.6) is 0 Å². The van der Waals surface area contributed by atoms with E-state index in [1.165, 1.54) is 0 Å². The highest BCUT2D eigenvalue weighted by Crippen LogP contribution is 2.18. The first kappa shape index (κ1) is 14.4. The van der Waals surface area contributed by atoms with E-state index in [4.69, 9.17) is 0 Å². The summed E-state index contributed by atoms with van der Waals surface area (Å²) in [6.45, 7) is 5.08. The molecule has 98 valence electrons. The van der Waals surface area contributed by atoms with Crippen LogP contribution in [0, 0.1) is 0 Å². The second-order valence-corrected chi connectivity index (χ2v) is 5.74. The largest absolute Gasteiger partial charge is 0.343 e. The molecule has 1 heterocycles. The fraction of sp³-hybridized carbons (Fsp3) is 0.833. The number of hydrogen-bond donors (Lipinski definition) is 0. The van der Waals surface area contributed by atoms with Crippen LogP contribution in [0.4, 0.5) is 0 Å². The second kappa shape index (κ2) is 6.28. The summed E-state index contributed by atoms with van der Waals surface area (Å²) >= 11 is 1.58. The molecule has 4 nitrogen and oxygen atoms in total. The Balaban J connectivity index is 2.45. The monoisotopic (exact) mass is 258 g/mol. The first-order chi connectivity index (χ1) is 7.97. The molecule has 0 aromatic rings. The van der Waals surface area contributed by atoms with Crippen LogP contribution in [-0.4, -0.2) is 59.3 Å². The summed E-state index contributed by atoms with van der Waals surface area (Å²) in [7, 11) is 1.84. The molecule has 0 bridgehead atoms. The lowest BCUT2D eigenvalue weighted by molar-refractivity contribution is -0.133. The fourth-order valence-corrected chi connectivity index (χ4v) is 2.44. The van der Waals surface area contributed by atoms with Gasteiger partial charge in [0.25, 0.3) is 0 Å². The van der Waals surface area contributed by atoms with E-state index in [-0.39, 0.29) is 17.1 Å². The Bertz CT molecular complexity index is 288. The van der Waals surface area contributed by atoms with E-state index in [1.54, 1.807) is 23.6 Å². The highest BCUT2D eigenvalue weighted by atomic mass is 32.2. The topological polar surface area (TPSA) is 40.6 Å². The molecule has 5 heteroatoms. The Hall–Kier alpha value is -0.710. The zero-order valence-corrected chi connectivity index (χ0v) is 11.9. The summed E-state index contributed by atoms with van der Waals surface area (Å²) in [6.07, 6.45) is 3.74. The molecule has 1 fully saturated rings. The van der Waals surface area contributed by atoms with Crippen molar-refractivity contribution in [2.75, 3.05) is 26.4 Å². The average molecular weight is 258 g/mol. The van der Waals surface area contributed by atoms with Gasteiger partial charge in [0.15, 0.2) is 0 Å². The number of nitrogens with zero attached hydrogens (tertiary/aromatic N) is 2. The summed E-state index contributed by atoms with van der Waals surface area (Å²) in [4.78, 5) is 26.9. The van der Waals surface area contributed by atoms with Gasteiger partial charge < -0.3 is 9.80 Å². The standard InChI is InChI=1S/C12H22N2O2S/c1-9(17-4)12(16)14-7-5-11(6-8-14)13(3)10(2)15/h9,11H,5-8H2,1-4H3/t9-/m0/s1. The number of amides is 2. The van der Waals surface area contributed by atoms with Crippen molar-refractivity contribution in [3.05, 3.63) is 0 Å². The lowest BCUT2D eigenvalue weighted by Crippen LogP contribution is -2.48. The predicted molar refractivity (Wildman–Crippen MR) is 71.0 cm³/mol. The minimum atomic E-state index is 0.0390. The van der Waals surface area contributed by atoms with E-state index in [0.29, 0.717) is 6.04 Å². The molecule has 0 unspecified atom stereocenters. The van der Waals surface area contributed by atoms with Crippen LogP contribution in [0.15, 0.2) is 0 Å². The zero-order valence-electron chi connectivity index (χ0n) is 11.1. The molecule has 0 radical (unpaired) electrons. The normalized spacial score (nSPS) is 18.9. The number of carbonyl (C=O) groups is 2. The van der Waals surface area contributed by atoms with Crippen LogP contribution in [0.25, 0.3) is 0 Å². The molecule has 0 N–H and O–H groups in total. The van der Waals surface area contributed by atoms with Crippen molar-refractivity contribution in [2.24, 2.45) is 0 Å². The molecule has 1 aliphatic heterocycles. The maximum atomic E-state index is 12.0. The van der Waals surface area contributed by atoms with E-state index < -0.39 is 0 Å². The molecule has 0 spiro atoms.